The zero-order chi connectivity index (χ0) is 27.5. The number of aryl methyl sites for hydroxylation is 1. The second-order valence-electron chi connectivity index (χ2n) is 10.1. The highest BCUT2D eigenvalue weighted by Gasteiger charge is 2.15. The maximum absolute atomic E-state index is 14.3. The van der Waals surface area contributed by atoms with Gasteiger partial charge in [0.15, 0.2) is 5.82 Å². The standard InChI is InChI=1S/C30H32FN7O2/c1-40-23-18-26-30(34-19-23)25(10-11-32-26)33-12-16-38-29(39)9-8-28(35-38)37-20-21(5-4-15-36-13-2-3-14-36)24-7-6-22(31)17-27(24)37/h6-11,17-20H,2-5,12-16H2,1H3,(H,32,33). The molecule has 0 bridgehead atoms. The lowest BCUT2D eigenvalue weighted by atomic mass is 10.1. The number of benzene rings is 1. The highest BCUT2D eigenvalue weighted by atomic mass is 19.1. The molecule has 1 N–H and O–H groups in total. The van der Waals surface area contributed by atoms with Crippen molar-refractivity contribution < 1.29 is 9.13 Å². The summed E-state index contributed by atoms with van der Waals surface area (Å²) >= 11 is 0. The predicted molar refractivity (Wildman–Crippen MR) is 154 cm³/mol. The molecule has 4 aromatic heterocycles. The van der Waals surface area contributed by atoms with Crippen LogP contribution in [0.5, 0.6) is 5.75 Å². The number of likely N-dealkylation sites (tertiary alicyclic amines) is 1. The molecule has 1 aromatic carbocycles. The quantitative estimate of drug-likeness (QED) is 0.280. The van der Waals surface area contributed by atoms with E-state index in [-0.39, 0.29) is 11.4 Å². The van der Waals surface area contributed by atoms with Crippen LogP contribution in [0.2, 0.25) is 0 Å². The summed E-state index contributed by atoms with van der Waals surface area (Å²) in [6.07, 6.45) is 9.88. The fourth-order valence-corrected chi connectivity index (χ4v) is 5.45. The van der Waals surface area contributed by atoms with Crippen molar-refractivity contribution in [3.8, 4) is 11.6 Å². The predicted octanol–water partition coefficient (Wildman–Crippen LogP) is 4.42. The normalized spacial score (nSPS) is 13.8. The van der Waals surface area contributed by atoms with Gasteiger partial charge in [-0.15, -0.1) is 0 Å². The van der Waals surface area contributed by atoms with E-state index < -0.39 is 0 Å². The van der Waals surface area contributed by atoms with E-state index in [4.69, 9.17) is 4.74 Å². The van der Waals surface area contributed by atoms with Crippen LogP contribution in [0.1, 0.15) is 24.8 Å². The second-order valence-corrected chi connectivity index (χ2v) is 10.1. The summed E-state index contributed by atoms with van der Waals surface area (Å²) in [5.41, 5.74) is 3.93. The third-order valence-corrected chi connectivity index (χ3v) is 7.50. The third kappa shape index (κ3) is 5.40. The number of methoxy groups -OCH3 is 1. The van der Waals surface area contributed by atoms with Crippen molar-refractivity contribution in [1.82, 2.24) is 29.2 Å². The monoisotopic (exact) mass is 541 g/mol. The summed E-state index contributed by atoms with van der Waals surface area (Å²) in [6.45, 7) is 4.21. The van der Waals surface area contributed by atoms with E-state index in [0.29, 0.717) is 30.2 Å². The summed E-state index contributed by atoms with van der Waals surface area (Å²) in [5, 5.41) is 9.00. The first-order valence-corrected chi connectivity index (χ1v) is 13.7. The average molecular weight is 542 g/mol. The van der Waals surface area contributed by atoms with Crippen LogP contribution in [0.25, 0.3) is 27.8 Å². The van der Waals surface area contributed by atoms with Crippen LogP contribution in [0.4, 0.5) is 10.1 Å². The number of hydrogen-bond donors (Lipinski definition) is 1. The van der Waals surface area contributed by atoms with Gasteiger partial charge in [-0.3, -0.25) is 14.3 Å². The molecule has 0 radical (unpaired) electrons. The molecule has 1 fully saturated rings. The molecule has 0 unspecified atom stereocenters. The van der Waals surface area contributed by atoms with Gasteiger partial charge in [0.2, 0.25) is 0 Å². The van der Waals surface area contributed by atoms with Gasteiger partial charge in [0, 0.05) is 36.5 Å². The van der Waals surface area contributed by atoms with Gasteiger partial charge in [-0.25, -0.2) is 14.1 Å². The number of nitrogens with one attached hydrogen (secondary N) is 1. The molecule has 1 saturated heterocycles. The SMILES string of the molecule is COc1cnc2c(NCCn3nc(-n4cc(CCCN5CCCC5)c5ccc(F)cc54)ccc3=O)ccnc2c1. The lowest BCUT2D eigenvalue weighted by Crippen LogP contribution is -2.26. The number of ether oxygens (including phenoxy) is 1. The van der Waals surface area contributed by atoms with Gasteiger partial charge < -0.3 is 15.0 Å². The Labute approximate surface area is 231 Å². The molecule has 0 atom stereocenters. The molecule has 5 aromatic rings. The zero-order valence-electron chi connectivity index (χ0n) is 22.5. The van der Waals surface area contributed by atoms with E-state index in [1.807, 2.05) is 29.0 Å². The summed E-state index contributed by atoms with van der Waals surface area (Å²) in [7, 11) is 1.59. The maximum Gasteiger partial charge on any atom is 0.266 e. The number of halogens is 1. The van der Waals surface area contributed by atoms with Crippen LogP contribution in [0, 0.1) is 5.82 Å². The smallest absolute Gasteiger partial charge is 0.266 e. The van der Waals surface area contributed by atoms with Gasteiger partial charge in [-0.2, -0.15) is 5.10 Å². The Bertz CT molecular complexity index is 1710. The van der Waals surface area contributed by atoms with Crippen LogP contribution in [-0.4, -0.2) is 62.5 Å². The van der Waals surface area contributed by atoms with Crippen LogP contribution < -0.4 is 15.6 Å². The molecule has 1 aliphatic rings. The Morgan fingerprint density at radius 2 is 1.93 bits per heavy atom. The molecule has 1 aliphatic heterocycles. The van der Waals surface area contributed by atoms with Crippen molar-refractivity contribution in [2.75, 3.05) is 38.6 Å². The summed E-state index contributed by atoms with van der Waals surface area (Å²) < 4.78 is 22.9. The van der Waals surface area contributed by atoms with Gasteiger partial charge in [0.25, 0.3) is 5.56 Å². The lowest BCUT2D eigenvalue weighted by molar-refractivity contribution is 0.334. The first-order valence-electron chi connectivity index (χ1n) is 13.7. The van der Waals surface area contributed by atoms with E-state index in [1.54, 1.807) is 25.6 Å². The average Bonchev–Trinajstić information content (AvgIpc) is 3.62. The maximum atomic E-state index is 14.3. The van der Waals surface area contributed by atoms with Crippen molar-refractivity contribution in [3.05, 3.63) is 82.8 Å². The molecule has 9 nitrogen and oxygen atoms in total. The number of anilines is 1. The number of rotatable bonds is 10. The lowest BCUT2D eigenvalue weighted by Gasteiger charge is -2.13. The topological polar surface area (TPSA) is 90.1 Å². The van der Waals surface area contributed by atoms with Gasteiger partial charge in [0.1, 0.15) is 17.1 Å². The van der Waals surface area contributed by atoms with Gasteiger partial charge in [-0.05, 0) is 81.2 Å². The molecule has 0 saturated carbocycles. The van der Waals surface area contributed by atoms with Crippen molar-refractivity contribution in [3.63, 3.8) is 0 Å². The molecule has 0 spiro atoms. The van der Waals surface area contributed by atoms with Crippen molar-refractivity contribution in [1.29, 1.82) is 0 Å². The molecule has 206 valence electrons. The molecule has 5 heterocycles. The van der Waals surface area contributed by atoms with E-state index >= 15 is 0 Å². The van der Waals surface area contributed by atoms with Crippen molar-refractivity contribution in [2.24, 2.45) is 0 Å². The third-order valence-electron chi connectivity index (χ3n) is 7.50. The molecule has 10 heteroatoms. The molecule has 6 rings (SSSR count). The molecule has 0 amide bonds. The van der Waals surface area contributed by atoms with Crippen molar-refractivity contribution in [2.45, 2.75) is 32.2 Å². The van der Waals surface area contributed by atoms with E-state index in [0.717, 1.165) is 47.1 Å². The van der Waals surface area contributed by atoms with Crippen LogP contribution in [0.15, 0.2) is 65.8 Å². The highest BCUT2D eigenvalue weighted by molar-refractivity contribution is 5.88. The fourth-order valence-electron chi connectivity index (χ4n) is 5.45. The number of aromatic nitrogens is 5. The summed E-state index contributed by atoms with van der Waals surface area (Å²) in [4.78, 5) is 24.0. The van der Waals surface area contributed by atoms with Gasteiger partial charge in [-0.1, -0.05) is 0 Å². The molecular formula is C30H32FN7O2. The number of fused-ring (bicyclic) bond motifs is 2. The summed E-state index contributed by atoms with van der Waals surface area (Å²) in [5.74, 6) is 0.907. The van der Waals surface area contributed by atoms with Crippen LogP contribution >= 0.6 is 0 Å². The first kappa shape index (κ1) is 25.9. The Balaban J connectivity index is 1.21. The van der Waals surface area contributed by atoms with E-state index in [9.17, 15) is 9.18 Å². The van der Waals surface area contributed by atoms with Crippen LogP contribution in [0.3, 0.4) is 0 Å². The Morgan fingerprint density at radius 1 is 1.05 bits per heavy atom. The number of nitrogens with zero attached hydrogens (tertiary/aromatic N) is 6. The summed E-state index contributed by atoms with van der Waals surface area (Å²) in [6, 6.07) is 11.8. The van der Waals surface area contributed by atoms with Crippen molar-refractivity contribution >= 4 is 27.6 Å². The Morgan fingerprint density at radius 3 is 2.77 bits per heavy atom. The second kappa shape index (κ2) is 11.4. The minimum Gasteiger partial charge on any atom is -0.495 e. The number of hydrogen-bond acceptors (Lipinski definition) is 7. The fraction of sp³-hybridized carbons (Fsp3) is 0.333. The molecule has 40 heavy (non-hydrogen) atoms. The Hall–Kier alpha value is -4.31. The van der Waals surface area contributed by atoms with E-state index in [1.165, 1.54) is 48.8 Å². The number of pyridine rings is 2. The van der Waals surface area contributed by atoms with Crippen LogP contribution in [-0.2, 0) is 13.0 Å². The van der Waals surface area contributed by atoms with Gasteiger partial charge >= 0.3 is 0 Å². The Kier molecular flexibility index (Phi) is 7.41. The molecular weight excluding hydrogens is 509 g/mol. The van der Waals surface area contributed by atoms with Gasteiger partial charge in [0.05, 0.1) is 36.6 Å². The minimum absolute atomic E-state index is 0.207. The first-order chi connectivity index (χ1) is 19.6. The zero-order valence-corrected chi connectivity index (χ0v) is 22.5. The van der Waals surface area contributed by atoms with E-state index in [2.05, 4.69) is 25.3 Å². The highest BCUT2D eigenvalue weighted by Crippen LogP contribution is 2.26. The largest absolute Gasteiger partial charge is 0.495 e. The molecule has 0 aliphatic carbocycles. The minimum atomic E-state index is -0.302.